The predicted molar refractivity (Wildman–Crippen MR) is 148 cm³/mol. The highest BCUT2D eigenvalue weighted by molar-refractivity contribution is 6.42. The molecule has 1 aliphatic rings. The number of carbonyl (C=O) groups excluding carboxylic acids is 2. The summed E-state index contributed by atoms with van der Waals surface area (Å²) in [4.78, 5) is 28.5. The van der Waals surface area contributed by atoms with Crippen molar-refractivity contribution in [1.82, 2.24) is 4.90 Å². The molecule has 0 unspecified atom stereocenters. The molecular formula is C29H25Cl3N2O2. The lowest BCUT2D eigenvalue weighted by Gasteiger charge is -2.32. The number of rotatable bonds is 5. The molecule has 1 aliphatic heterocycles. The molecule has 2 N–H and O–H groups in total. The first-order valence-electron chi connectivity index (χ1n) is 11.5. The summed E-state index contributed by atoms with van der Waals surface area (Å²) in [5, 5.41) is 1.46. The Morgan fingerprint density at radius 2 is 1.47 bits per heavy atom. The van der Waals surface area contributed by atoms with Gasteiger partial charge in [-0.15, -0.1) is 0 Å². The maximum absolute atomic E-state index is 13.5. The molecule has 1 amide bonds. The van der Waals surface area contributed by atoms with Gasteiger partial charge in [-0.3, -0.25) is 9.59 Å². The monoisotopic (exact) mass is 538 g/mol. The van der Waals surface area contributed by atoms with Gasteiger partial charge >= 0.3 is 0 Å². The van der Waals surface area contributed by atoms with Crippen molar-refractivity contribution in [3.8, 4) is 0 Å². The molecule has 4 rings (SSSR count). The number of ketones is 1. The molecule has 36 heavy (non-hydrogen) atoms. The summed E-state index contributed by atoms with van der Waals surface area (Å²) in [5.41, 5.74) is 10.7. The Morgan fingerprint density at radius 3 is 2.06 bits per heavy atom. The van der Waals surface area contributed by atoms with Crippen molar-refractivity contribution in [3.63, 3.8) is 0 Å². The molecule has 0 saturated carbocycles. The van der Waals surface area contributed by atoms with Gasteiger partial charge in [-0.1, -0.05) is 83.3 Å². The summed E-state index contributed by atoms with van der Waals surface area (Å²) in [6.45, 7) is 2.22. The maximum Gasteiger partial charge on any atom is 0.240 e. The number of hydrogen-bond donors (Lipinski definition) is 1. The van der Waals surface area contributed by atoms with Gasteiger partial charge in [0.1, 0.15) is 0 Å². The molecule has 0 radical (unpaired) electrons. The normalized spacial score (nSPS) is 17.0. The van der Waals surface area contributed by atoms with Crippen molar-refractivity contribution >= 4 is 58.6 Å². The van der Waals surface area contributed by atoms with E-state index < -0.39 is 6.04 Å². The van der Waals surface area contributed by atoms with E-state index >= 15 is 0 Å². The Bertz CT molecular complexity index is 1290. The Labute approximate surface area is 226 Å². The van der Waals surface area contributed by atoms with E-state index in [1.165, 1.54) is 0 Å². The van der Waals surface area contributed by atoms with E-state index in [-0.39, 0.29) is 24.8 Å². The Balaban J connectivity index is 1.68. The van der Waals surface area contributed by atoms with E-state index in [1.807, 2.05) is 49.4 Å². The first-order valence-corrected chi connectivity index (χ1v) is 12.6. The third kappa shape index (κ3) is 6.26. The molecule has 3 aromatic carbocycles. The first-order chi connectivity index (χ1) is 17.2. The average Bonchev–Trinajstić information content (AvgIpc) is 2.86. The highest BCUT2D eigenvalue weighted by Crippen LogP contribution is 2.27. The van der Waals surface area contributed by atoms with Crippen molar-refractivity contribution in [2.75, 3.05) is 13.1 Å². The van der Waals surface area contributed by atoms with Gasteiger partial charge < -0.3 is 10.6 Å². The van der Waals surface area contributed by atoms with Crippen molar-refractivity contribution in [2.24, 2.45) is 5.73 Å². The first kappa shape index (κ1) is 26.2. The van der Waals surface area contributed by atoms with Crippen LogP contribution in [0.15, 0.2) is 77.9 Å². The molecule has 1 saturated heterocycles. The van der Waals surface area contributed by atoms with Crippen LogP contribution in [-0.4, -0.2) is 35.7 Å². The van der Waals surface area contributed by atoms with Crippen LogP contribution in [-0.2, 0) is 16.0 Å². The molecule has 4 nitrogen and oxygen atoms in total. The van der Waals surface area contributed by atoms with E-state index in [0.29, 0.717) is 32.6 Å². The van der Waals surface area contributed by atoms with Crippen LogP contribution in [0.1, 0.15) is 22.3 Å². The zero-order valence-corrected chi connectivity index (χ0v) is 21.9. The van der Waals surface area contributed by atoms with Crippen LogP contribution in [0.25, 0.3) is 12.2 Å². The standard InChI is InChI=1S/C29H25Cl3N2O2/c1-18-11-20(7-9-24(18)30)12-22-16-34(29(36)27(33)15-19-5-3-2-4-6-19)17-23(28(22)35)13-21-8-10-25(31)26(32)14-21/h2-14,27H,15-17,33H2,1H3/b22-12+,23-13+/t27-/m0/s1. The molecule has 0 aliphatic carbocycles. The van der Waals surface area contributed by atoms with Crippen LogP contribution < -0.4 is 5.73 Å². The number of piperidine rings is 1. The Hall–Kier alpha value is -2.89. The fourth-order valence-corrected chi connectivity index (χ4v) is 4.57. The zero-order chi connectivity index (χ0) is 25.8. The smallest absolute Gasteiger partial charge is 0.240 e. The minimum Gasteiger partial charge on any atom is -0.332 e. The summed E-state index contributed by atoms with van der Waals surface area (Å²) < 4.78 is 0. The highest BCUT2D eigenvalue weighted by atomic mass is 35.5. The van der Waals surface area contributed by atoms with Crippen LogP contribution in [0.5, 0.6) is 0 Å². The van der Waals surface area contributed by atoms with Crippen LogP contribution in [0.2, 0.25) is 15.1 Å². The third-order valence-corrected chi connectivity index (χ3v) is 7.20. The summed E-state index contributed by atoms with van der Waals surface area (Å²) in [6.07, 6.45) is 3.95. The lowest BCUT2D eigenvalue weighted by molar-refractivity contribution is -0.132. The number of benzene rings is 3. The minimum atomic E-state index is -0.731. The zero-order valence-electron chi connectivity index (χ0n) is 19.7. The Kier molecular flexibility index (Phi) is 8.32. The lowest BCUT2D eigenvalue weighted by atomic mass is 9.93. The topological polar surface area (TPSA) is 63.4 Å². The Morgan fingerprint density at radius 1 is 0.889 bits per heavy atom. The van der Waals surface area contributed by atoms with Gasteiger partial charge in [0.25, 0.3) is 0 Å². The van der Waals surface area contributed by atoms with Crippen molar-refractivity contribution in [1.29, 1.82) is 0 Å². The molecule has 0 spiro atoms. The number of likely N-dealkylation sites (tertiary alicyclic amines) is 1. The van der Waals surface area contributed by atoms with E-state index in [2.05, 4.69) is 0 Å². The maximum atomic E-state index is 13.5. The SMILES string of the molecule is Cc1cc(/C=C2\CN(C(=O)[C@@H](N)Cc3ccccc3)C/C(=C\c3ccc(Cl)c(Cl)c3)C2=O)ccc1Cl. The largest absolute Gasteiger partial charge is 0.332 e. The molecule has 1 heterocycles. The van der Waals surface area contributed by atoms with Crippen molar-refractivity contribution in [3.05, 3.63) is 115 Å². The van der Waals surface area contributed by atoms with E-state index in [0.717, 1.165) is 22.3 Å². The summed E-state index contributed by atoms with van der Waals surface area (Å²) in [7, 11) is 0. The second kappa shape index (κ2) is 11.4. The van der Waals surface area contributed by atoms with E-state index in [4.69, 9.17) is 40.5 Å². The number of halogens is 3. The number of nitrogens with two attached hydrogens (primary N) is 1. The van der Waals surface area contributed by atoms with Gasteiger partial charge in [0.05, 0.1) is 16.1 Å². The van der Waals surface area contributed by atoms with Gasteiger partial charge in [0, 0.05) is 29.3 Å². The number of amides is 1. The summed E-state index contributed by atoms with van der Waals surface area (Å²) in [6, 6.07) is 19.6. The predicted octanol–water partition coefficient (Wildman–Crippen LogP) is 6.40. The molecule has 1 atom stereocenters. The number of nitrogens with zero attached hydrogens (tertiary/aromatic N) is 1. The minimum absolute atomic E-state index is 0.130. The summed E-state index contributed by atoms with van der Waals surface area (Å²) >= 11 is 18.4. The number of aryl methyl sites for hydroxylation is 1. The second-order valence-corrected chi connectivity index (χ2v) is 10.1. The fourth-order valence-electron chi connectivity index (χ4n) is 4.15. The van der Waals surface area contributed by atoms with Gasteiger partial charge in [-0.2, -0.15) is 0 Å². The van der Waals surface area contributed by atoms with Gasteiger partial charge in [0.2, 0.25) is 5.91 Å². The molecule has 7 heteroatoms. The van der Waals surface area contributed by atoms with E-state index in [9.17, 15) is 9.59 Å². The van der Waals surface area contributed by atoms with Crippen molar-refractivity contribution < 1.29 is 9.59 Å². The lowest BCUT2D eigenvalue weighted by Crippen LogP contribution is -2.49. The number of carbonyl (C=O) groups is 2. The number of Topliss-reactive ketones (excluding diaryl/α,β-unsaturated/α-hetero) is 1. The average molecular weight is 540 g/mol. The molecule has 0 bridgehead atoms. The van der Waals surface area contributed by atoms with Gasteiger partial charge in [0.15, 0.2) is 5.78 Å². The van der Waals surface area contributed by atoms with Gasteiger partial charge in [-0.25, -0.2) is 0 Å². The number of hydrogen-bond acceptors (Lipinski definition) is 3. The van der Waals surface area contributed by atoms with Crippen LogP contribution in [0, 0.1) is 6.92 Å². The van der Waals surface area contributed by atoms with Crippen LogP contribution in [0.4, 0.5) is 0 Å². The van der Waals surface area contributed by atoms with Crippen LogP contribution >= 0.6 is 34.8 Å². The molecule has 0 aromatic heterocycles. The van der Waals surface area contributed by atoms with Crippen LogP contribution in [0.3, 0.4) is 0 Å². The molecule has 184 valence electrons. The quantitative estimate of drug-likeness (QED) is 0.381. The van der Waals surface area contributed by atoms with Crippen molar-refractivity contribution in [2.45, 2.75) is 19.4 Å². The van der Waals surface area contributed by atoms with E-state index in [1.54, 1.807) is 41.3 Å². The molecule has 3 aromatic rings. The molecular weight excluding hydrogens is 515 g/mol. The second-order valence-electron chi connectivity index (χ2n) is 8.84. The van der Waals surface area contributed by atoms with Gasteiger partial charge in [-0.05, 0) is 65.9 Å². The summed E-state index contributed by atoms with van der Waals surface area (Å²) in [5.74, 6) is -0.348. The molecule has 1 fully saturated rings. The highest BCUT2D eigenvalue weighted by Gasteiger charge is 2.31. The third-order valence-electron chi connectivity index (χ3n) is 6.04. The fraction of sp³-hybridized carbons (Fsp3) is 0.172.